The van der Waals surface area contributed by atoms with Gasteiger partial charge in [0.15, 0.2) is 0 Å². The van der Waals surface area contributed by atoms with Gasteiger partial charge < -0.3 is 77.4 Å². The molecule has 0 saturated carbocycles. The summed E-state index contributed by atoms with van der Waals surface area (Å²) in [7, 11) is 0. The van der Waals surface area contributed by atoms with Crippen LogP contribution in [0.1, 0.15) is 0 Å². The molecule has 0 aromatic rings. The molecule has 1 N–H and O–H groups in total. The summed E-state index contributed by atoms with van der Waals surface area (Å²) in [5.41, 5.74) is 0. The van der Waals surface area contributed by atoms with E-state index in [1.165, 1.54) is 0 Å². The van der Waals surface area contributed by atoms with Crippen LogP contribution in [0.2, 0.25) is 0 Å². The monoisotopic (exact) mass is 446 g/mol. The Balaban J connectivity index is 0. The van der Waals surface area contributed by atoms with E-state index in [1.54, 1.807) is 0 Å². The van der Waals surface area contributed by atoms with Crippen LogP contribution in [0.25, 0.3) is 0 Å². The van der Waals surface area contributed by atoms with Gasteiger partial charge in [-0.25, -0.2) is 0 Å². The summed E-state index contributed by atoms with van der Waals surface area (Å²) in [4.78, 5) is 0. The van der Waals surface area contributed by atoms with Crippen molar-refractivity contribution in [2.45, 2.75) is 0 Å². The van der Waals surface area contributed by atoms with Crippen LogP contribution in [0.3, 0.4) is 0 Å². The molecule has 5 heteroatoms. The first-order valence-electron chi connectivity index (χ1n) is 0. The smallest absolute Gasteiger partial charge is 1.00 e. The quantitative estimate of drug-likeness (QED) is 0.269. The van der Waals surface area contributed by atoms with Crippen molar-refractivity contribution in [3.05, 3.63) is 0 Å². The van der Waals surface area contributed by atoms with Crippen molar-refractivity contribution in [2.24, 2.45) is 0 Å². The molecule has 0 radical (unpaired) electrons. The molecule has 0 aromatic heterocycles. The van der Waals surface area contributed by atoms with Gasteiger partial charge in [-0.15, -0.1) is 0 Å². The van der Waals surface area contributed by atoms with Crippen molar-refractivity contribution in [1.29, 1.82) is 0 Å². The third kappa shape index (κ3) is 19.8. The standard InChI is InChI=1S/3HI.H2O.Ti/h3*1H;1H2;/q;;;;+4/p-4. The zero-order chi connectivity index (χ0) is 0. The minimum atomic E-state index is 0. The summed E-state index contributed by atoms with van der Waals surface area (Å²) in [6.45, 7) is 0. The Hall–Kier alpha value is 2.86. The summed E-state index contributed by atoms with van der Waals surface area (Å²) in [5.74, 6) is 0. The maximum Gasteiger partial charge on any atom is 4.00 e. The van der Waals surface area contributed by atoms with E-state index in [2.05, 4.69) is 0 Å². The van der Waals surface area contributed by atoms with Crippen molar-refractivity contribution < 1.29 is 99.1 Å². The summed E-state index contributed by atoms with van der Waals surface area (Å²) in [6, 6.07) is 0. The van der Waals surface area contributed by atoms with E-state index >= 15 is 0 Å². The van der Waals surface area contributed by atoms with Crippen LogP contribution < -0.4 is 71.9 Å². The SMILES string of the molecule is [I-].[I-].[I-].[OH-].[Ti+4]. The van der Waals surface area contributed by atoms with E-state index in [9.17, 15) is 0 Å². The van der Waals surface area contributed by atoms with Crippen LogP contribution in [0, 0.1) is 0 Å². The average Bonchev–Trinajstić information content (AvgIpc) is 0. The molecular weight excluding hydrogens is 445 g/mol. The molecule has 0 aliphatic rings. The molecule has 0 bridgehead atoms. The van der Waals surface area contributed by atoms with Crippen molar-refractivity contribution in [1.82, 2.24) is 0 Å². The minimum absolute atomic E-state index is 0. The Morgan fingerprint density at radius 1 is 0.600 bits per heavy atom. The molecule has 32 valence electrons. The topological polar surface area (TPSA) is 30.0 Å². The molecular formula is HI3OTi. The van der Waals surface area contributed by atoms with Crippen LogP contribution in [-0.2, 0) is 21.7 Å². The third-order valence-corrected chi connectivity index (χ3v) is 0. The van der Waals surface area contributed by atoms with Crippen molar-refractivity contribution in [3.8, 4) is 0 Å². The van der Waals surface area contributed by atoms with Gasteiger partial charge in [-0.05, 0) is 0 Å². The second kappa shape index (κ2) is 28.8. The number of hydrogen-bond acceptors (Lipinski definition) is 1. The van der Waals surface area contributed by atoms with E-state index < -0.39 is 0 Å². The van der Waals surface area contributed by atoms with Crippen LogP contribution in [0.15, 0.2) is 0 Å². The summed E-state index contributed by atoms with van der Waals surface area (Å²) < 4.78 is 0. The first-order valence-corrected chi connectivity index (χ1v) is 0. The Morgan fingerprint density at radius 3 is 0.600 bits per heavy atom. The number of hydrogen-bond donors (Lipinski definition) is 0. The summed E-state index contributed by atoms with van der Waals surface area (Å²) in [6.07, 6.45) is 0. The summed E-state index contributed by atoms with van der Waals surface area (Å²) in [5, 5.41) is 0. The van der Waals surface area contributed by atoms with Gasteiger partial charge in [0.2, 0.25) is 0 Å². The van der Waals surface area contributed by atoms with Crippen LogP contribution in [0.4, 0.5) is 0 Å². The molecule has 0 heterocycles. The van der Waals surface area contributed by atoms with E-state index in [0.29, 0.717) is 0 Å². The molecule has 0 fully saturated rings. The molecule has 1 nitrogen and oxygen atoms in total. The van der Waals surface area contributed by atoms with Crippen molar-refractivity contribution >= 4 is 0 Å². The fraction of sp³-hybridized carbons (Fsp3) is 0. The van der Waals surface area contributed by atoms with E-state index in [0.717, 1.165) is 0 Å². The van der Waals surface area contributed by atoms with Gasteiger partial charge in [-0.1, -0.05) is 0 Å². The Kier molecular flexibility index (Phi) is 260. The molecule has 0 aliphatic carbocycles. The Morgan fingerprint density at radius 2 is 0.600 bits per heavy atom. The Labute approximate surface area is 97.3 Å². The van der Waals surface area contributed by atoms with Crippen LogP contribution in [0.5, 0.6) is 0 Å². The second-order valence-electron chi connectivity index (χ2n) is 0. The number of rotatable bonds is 0. The molecule has 0 unspecified atom stereocenters. The maximum absolute atomic E-state index is 0. The first kappa shape index (κ1) is 45.2. The molecule has 0 rings (SSSR count). The average molecular weight is 446 g/mol. The summed E-state index contributed by atoms with van der Waals surface area (Å²) >= 11 is 0. The van der Waals surface area contributed by atoms with Gasteiger partial charge in [0.05, 0.1) is 0 Å². The zero-order valence-corrected chi connectivity index (χ0v) is 10.1. The van der Waals surface area contributed by atoms with Gasteiger partial charge >= 0.3 is 21.7 Å². The fourth-order valence-corrected chi connectivity index (χ4v) is 0. The molecule has 0 spiro atoms. The van der Waals surface area contributed by atoms with Crippen LogP contribution >= 0.6 is 0 Å². The van der Waals surface area contributed by atoms with Crippen molar-refractivity contribution in [2.75, 3.05) is 0 Å². The second-order valence-corrected chi connectivity index (χ2v) is 0. The fourth-order valence-electron chi connectivity index (χ4n) is 0. The normalized spacial score (nSPS) is 0. The minimum Gasteiger partial charge on any atom is -1.00 e. The first-order chi connectivity index (χ1) is 0. The Bertz CT molecular complexity index is 6.85. The predicted molar refractivity (Wildman–Crippen MR) is 1.94 cm³/mol. The molecule has 5 heavy (non-hydrogen) atoms. The molecule has 0 amide bonds. The molecule has 0 saturated heterocycles. The zero-order valence-electron chi connectivity index (χ0n) is 2.08. The largest absolute Gasteiger partial charge is 4.00 e. The van der Waals surface area contributed by atoms with E-state index in [-0.39, 0.29) is 99.1 Å². The molecule has 0 aliphatic heterocycles. The molecule has 0 aromatic carbocycles. The number of halogens is 3. The van der Waals surface area contributed by atoms with Gasteiger partial charge in [-0.3, -0.25) is 0 Å². The van der Waals surface area contributed by atoms with E-state index in [1.807, 2.05) is 0 Å². The van der Waals surface area contributed by atoms with E-state index in [4.69, 9.17) is 0 Å². The third-order valence-electron chi connectivity index (χ3n) is 0. The maximum atomic E-state index is 0. The van der Waals surface area contributed by atoms with Crippen molar-refractivity contribution in [3.63, 3.8) is 0 Å². The van der Waals surface area contributed by atoms with Gasteiger partial charge in [-0.2, -0.15) is 0 Å². The predicted octanol–water partition coefficient (Wildman–Crippen LogP) is -9.17. The van der Waals surface area contributed by atoms with Gasteiger partial charge in [0, 0.05) is 0 Å². The van der Waals surface area contributed by atoms with Gasteiger partial charge in [0.1, 0.15) is 0 Å². The molecule has 0 atom stereocenters. The van der Waals surface area contributed by atoms with Gasteiger partial charge in [0.25, 0.3) is 0 Å². The van der Waals surface area contributed by atoms with Crippen LogP contribution in [-0.4, -0.2) is 5.48 Å².